The van der Waals surface area contributed by atoms with E-state index in [4.69, 9.17) is 0 Å². The van der Waals surface area contributed by atoms with E-state index in [1.54, 1.807) is 48.5 Å². The lowest BCUT2D eigenvalue weighted by Crippen LogP contribution is -2.24. The van der Waals surface area contributed by atoms with Gasteiger partial charge in [-0.2, -0.15) is 0 Å². The highest BCUT2D eigenvalue weighted by Crippen LogP contribution is 2.41. The summed E-state index contributed by atoms with van der Waals surface area (Å²) < 4.78 is 0. The van der Waals surface area contributed by atoms with Gasteiger partial charge in [0.15, 0.2) is 23.1 Å². The van der Waals surface area contributed by atoms with Gasteiger partial charge in [0.05, 0.1) is 0 Å². The number of fused-ring (bicyclic) bond motifs is 4. The fraction of sp³-hybridized carbons (Fsp3) is 0.125. The summed E-state index contributed by atoms with van der Waals surface area (Å²) in [5, 5.41) is 0. The highest BCUT2D eigenvalue weighted by molar-refractivity contribution is 6.31. The van der Waals surface area contributed by atoms with Crippen molar-refractivity contribution < 1.29 is 19.2 Å². The second kappa shape index (κ2) is 7.53. The molecular weight excluding hydrogens is 448 g/mol. The molecule has 6 rings (SSSR count). The van der Waals surface area contributed by atoms with Crippen molar-refractivity contribution in [3.8, 4) is 11.1 Å². The van der Waals surface area contributed by atoms with E-state index in [0.717, 1.165) is 11.1 Å². The molecule has 0 saturated carbocycles. The van der Waals surface area contributed by atoms with Gasteiger partial charge in [-0.1, -0.05) is 60.7 Å². The molecule has 0 amide bonds. The van der Waals surface area contributed by atoms with Gasteiger partial charge in [0, 0.05) is 44.5 Å². The molecule has 0 spiro atoms. The van der Waals surface area contributed by atoms with Crippen LogP contribution in [0.1, 0.15) is 85.9 Å². The van der Waals surface area contributed by atoms with Gasteiger partial charge in [0.1, 0.15) is 0 Å². The molecule has 4 aromatic carbocycles. The summed E-state index contributed by atoms with van der Waals surface area (Å²) in [6.45, 7) is 7.38. The third-order valence-corrected chi connectivity index (χ3v) is 7.60. The van der Waals surface area contributed by atoms with E-state index >= 15 is 0 Å². The van der Waals surface area contributed by atoms with Crippen LogP contribution in [0, 0.1) is 27.7 Å². The van der Waals surface area contributed by atoms with Crippen molar-refractivity contribution in [3.63, 3.8) is 0 Å². The Hall–Kier alpha value is -4.44. The van der Waals surface area contributed by atoms with Crippen LogP contribution in [0.4, 0.5) is 0 Å². The first kappa shape index (κ1) is 22.1. The molecular formula is C32H22O4. The van der Waals surface area contributed by atoms with E-state index in [9.17, 15) is 19.2 Å². The Morgan fingerprint density at radius 1 is 0.389 bits per heavy atom. The molecule has 2 aliphatic carbocycles. The minimum atomic E-state index is -0.171. The van der Waals surface area contributed by atoms with E-state index < -0.39 is 0 Å². The summed E-state index contributed by atoms with van der Waals surface area (Å²) in [7, 11) is 0. The van der Waals surface area contributed by atoms with Crippen molar-refractivity contribution >= 4 is 23.1 Å². The van der Waals surface area contributed by atoms with Crippen molar-refractivity contribution in [3.05, 3.63) is 127 Å². The van der Waals surface area contributed by atoms with Crippen LogP contribution in [0.5, 0.6) is 0 Å². The maximum Gasteiger partial charge on any atom is 0.194 e. The van der Waals surface area contributed by atoms with Crippen LogP contribution in [0.15, 0.2) is 60.7 Å². The lowest BCUT2D eigenvalue weighted by Gasteiger charge is -2.26. The van der Waals surface area contributed by atoms with Gasteiger partial charge in [-0.3, -0.25) is 19.2 Å². The van der Waals surface area contributed by atoms with Gasteiger partial charge >= 0.3 is 0 Å². The normalized spacial score (nSPS) is 13.8. The highest BCUT2D eigenvalue weighted by atomic mass is 16.1. The summed E-state index contributed by atoms with van der Waals surface area (Å²) in [6, 6.07) is 17.7. The number of carbonyl (C=O) groups excluding carboxylic acids is 4. The number of carbonyl (C=O) groups is 4. The van der Waals surface area contributed by atoms with Crippen LogP contribution in [-0.2, 0) is 0 Å². The zero-order valence-electron chi connectivity index (χ0n) is 20.4. The van der Waals surface area contributed by atoms with Gasteiger partial charge in [-0.05, 0) is 61.1 Å². The minimum Gasteiger partial charge on any atom is -0.289 e. The Morgan fingerprint density at radius 3 is 0.972 bits per heavy atom. The standard InChI is InChI=1S/C32H22O4/c1-15-13-23(17(3)27-25(15)29(33)19-9-5-7-11-21(19)31(27)35)24-14-16(2)26-28(18(24)4)32(36)22-12-8-6-10-20(22)30(26)34/h5-14H,1-4H3. The SMILES string of the molecule is Cc1cc(-c2cc(C)c3c(c2C)C(=O)c2ccccc2C3=O)c(C)c2c1C(=O)c1ccccc1C2=O. The predicted octanol–water partition coefficient (Wildman–Crippen LogP) is 6.14. The quantitative estimate of drug-likeness (QED) is 0.290. The zero-order chi connectivity index (χ0) is 25.5. The van der Waals surface area contributed by atoms with Crippen LogP contribution in [0.2, 0.25) is 0 Å². The summed E-state index contributed by atoms with van der Waals surface area (Å²) in [5.74, 6) is -0.642. The van der Waals surface area contributed by atoms with Gasteiger partial charge in [-0.15, -0.1) is 0 Å². The number of rotatable bonds is 1. The minimum absolute atomic E-state index is 0.150. The third-order valence-electron chi connectivity index (χ3n) is 7.60. The molecule has 0 aromatic heterocycles. The fourth-order valence-corrected chi connectivity index (χ4v) is 5.84. The molecule has 0 N–H and O–H groups in total. The molecule has 174 valence electrons. The van der Waals surface area contributed by atoms with Crippen molar-refractivity contribution in [1.29, 1.82) is 0 Å². The van der Waals surface area contributed by atoms with Crippen LogP contribution in [0.25, 0.3) is 11.1 Å². The van der Waals surface area contributed by atoms with Gasteiger partial charge in [0.2, 0.25) is 0 Å². The van der Waals surface area contributed by atoms with E-state index in [1.165, 1.54) is 0 Å². The molecule has 0 aliphatic heterocycles. The molecule has 0 atom stereocenters. The number of ketones is 4. The van der Waals surface area contributed by atoms with Crippen LogP contribution in [-0.4, -0.2) is 23.1 Å². The summed E-state index contributed by atoms with van der Waals surface area (Å²) in [4.78, 5) is 53.8. The number of benzene rings is 4. The Kier molecular flexibility index (Phi) is 4.61. The monoisotopic (exact) mass is 470 g/mol. The van der Waals surface area contributed by atoms with Gasteiger partial charge < -0.3 is 0 Å². The Morgan fingerprint density at radius 2 is 0.667 bits per heavy atom. The Bertz CT molecular complexity index is 1610. The molecule has 0 radical (unpaired) electrons. The van der Waals surface area contributed by atoms with Crippen molar-refractivity contribution in [2.24, 2.45) is 0 Å². The largest absolute Gasteiger partial charge is 0.289 e. The number of hydrogen-bond donors (Lipinski definition) is 0. The molecule has 4 heteroatoms. The summed E-state index contributed by atoms with van der Waals surface area (Å²) in [5.41, 5.74) is 7.75. The Balaban J connectivity index is 1.62. The first-order valence-corrected chi connectivity index (χ1v) is 11.9. The maximum atomic E-state index is 13.6. The number of hydrogen-bond acceptors (Lipinski definition) is 4. The molecule has 4 aromatic rings. The molecule has 4 nitrogen and oxygen atoms in total. The summed E-state index contributed by atoms with van der Waals surface area (Å²) >= 11 is 0. The Labute approximate surface area is 208 Å². The first-order valence-electron chi connectivity index (χ1n) is 11.9. The molecule has 36 heavy (non-hydrogen) atoms. The van der Waals surface area contributed by atoms with Crippen LogP contribution < -0.4 is 0 Å². The van der Waals surface area contributed by atoms with Crippen molar-refractivity contribution in [2.75, 3.05) is 0 Å². The highest BCUT2D eigenvalue weighted by Gasteiger charge is 2.36. The molecule has 0 saturated heterocycles. The second-order valence-corrected chi connectivity index (χ2v) is 9.64. The molecule has 0 unspecified atom stereocenters. The maximum absolute atomic E-state index is 13.6. The average Bonchev–Trinajstić information content (AvgIpc) is 2.88. The van der Waals surface area contributed by atoms with E-state index in [-0.39, 0.29) is 23.1 Å². The van der Waals surface area contributed by atoms with E-state index in [0.29, 0.717) is 66.8 Å². The molecule has 0 bridgehead atoms. The van der Waals surface area contributed by atoms with Gasteiger partial charge in [-0.25, -0.2) is 0 Å². The lowest BCUT2D eigenvalue weighted by atomic mass is 9.75. The van der Waals surface area contributed by atoms with E-state index in [1.807, 2.05) is 39.8 Å². The zero-order valence-corrected chi connectivity index (χ0v) is 20.4. The fourth-order valence-electron chi connectivity index (χ4n) is 5.84. The summed E-state index contributed by atoms with van der Waals surface area (Å²) in [6.07, 6.45) is 0. The van der Waals surface area contributed by atoms with E-state index in [2.05, 4.69) is 0 Å². The van der Waals surface area contributed by atoms with Crippen molar-refractivity contribution in [2.45, 2.75) is 27.7 Å². The smallest absolute Gasteiger partial charge is 0.194 e. The third kappa shape index (κ3) is 2.75. The number of aryl methyl sites for hydroxylation is 2. The lowest BCUT2D eigenvalue weighted by molar-refractivity contribution is 0.0978. The molecule has 0 heterocycles. The van der Waals surface area contributed by atoms with Crippen LogP contribution in [0.3, 0.4) is 0 Å². The second-order valence-electron chi connectivity index (χ2n) is 9.64. The van der Waals surface area contributed by atoms with Crippen molar-refractivity contribution in [1.82, 2.24) is 0 Å². The van der Waals surface area contributed by atoms with Crippen LogP contribution >= 0.6 is 0 Å². The van der Waals surface area contributed by atoms with Gasteiger partial charge in [0.25, 0.3) is 0 Å². The predicted molar refractivity (Wildman–Crippen MR) is 137 cm³/mol. The average molecular weight is 471 g/mol. The topological polar surface area (TPSA) is 68.3 Å². The molecule has 2 aliphatic rings. The first-order chi connectivity index (χ1) is 17.2. The molecule has 0 fully saturated rings.